The molecule has 0 aliphatic carbocycles. The number of carbonyl (C=O) groups excluding carboxylic acids is 2. The second kappa shape index (κ2) is 32.2. The van der Waals surface area contributed by atoms with Crippen molar-refractivity contribution in [1.82, 2.24) is 0 Å². The topological polar surface area (TPSA) is 119 Å². The van der Waals surface area contributed by atoms with Gasteiger partial charge in [0.1, 0.15) is 6.61 Å². The predicted molar refractivity (Wildman–Crippen MR) is 184 cm³/mol. The first kappa shape index (κ1) is 43.3. The van der Waals surface area contributed by atoms with Gasteiger partial charge < -0.3 is 19.3 Å². The second-order valence-corrected chi connectivity index (χ2v) is 13.1. The third kappa shape index (κ3) is 35.0. The summed E-state index contributed by atoms with van der Waals surface area (Å²) in [7, 11) is -4.76. The fourth-order valence-corrected chi connectivity index (χ4v) is 5.05. The molecule has 1 atom stereocenters. The Kier molecular flexibility index (Phi) is 31.0. The Labute approximate surface area is 274 Å². The van der Waals surface area contributed by atoms with Gasteiger partial charge in [-0.15, -0.1) is 0 Å². The SMILES string of the molecule is CCCCC/C=C/CCCCCCCC(=O)OC[C@H](COP(=O)(O)O)OC(=O)CCCC/C=C/C/C=C/CCCCCCCC. The number of unbranched alkanes of at least 4 members (excludes halogenated alkanes) is 16. The monoisotopic (exact) mass is 656 g/mol. The molecule has 9 heteroatoms. The zero-order chi connectivity index (χ0) is 33.3. The van der Waals surface area contributed by atoms with E-state index in [9.17, 15) is 14.2 Å². The molecule has 0 fully saturated rings. The standard InChI is InChI=1S/C36H65O8P/c1-3-5-7-9-11-13-15-17-18-19-21-23-25-27-29-31-36(38)44-34(33-43-45(39,40)41)32-42-35(37)30-28-26-24-22-20-16-14-12-10-8-6-4-2/h12,14,17-18,21,23,34H,3-11,13,15-16,19-20,22,24-33H2,1-2H3,(H2,39,40,41)/b14-12+,18-17+,23-21+/t34-/m1/s1. The Morgan fingerprint density at radius 3 is 1.58 bits per heavy atom. The van der Waals surface area contributed by atoms with E-state index in [0.29, 0.717) is 12.8 Å². The van der Waals surface area contributed by atoms with Gasteiger partial charge in [-0.1, -0.05) is 115 Å². The lowest BCUT2D eigenvalue weighted by Gasteiger charge is -2.18. The average molecular weight is 657 g/mol. The summed E-state index contributed by atoms with van der Waals surface area (Å²) < 4.78 is 26.2. The molecule has 0 bridgehead atoms. The van der Waals surface area contributed by atoms with Gasteiger partial charge in [0.25, 0.3) is 0 Å². The maximum Gasteiger partial charge on any atom is 0.469 e. The zero-order valence-corrected chi connectivity index (χ0v) is 29.4. The fourth-order valence-electron chi connectivity index (χ4n) is 4.69. The van der Waals surface area contributed by atoms with E-state index >= 15 is 0 Å². The Hall–Kier alpha value is -1.73. The number of phosphoric ester groups is 1. The molecule has 0 rings (SSSR count). The van der Waals surface area contributed by atoms with E-state index in [0.717, 1.165) is 64.2 Å². The molecular formula is C36H65O8P. The van der Waals surface area contributed by atoms with Gasteiger partial charge in [0.15, 0.2) is 6.10 Å². The van der Waals surface area contributed by atoms with E-state index in [1.807, 2.05) is 0 Å². The summed E-state index contributed by atoms with van der Waals surface area (Å²) in [6.07, 6.45) is 35.8. The Morgan fingerprint density at radius 1 is 0.578 bits per heavy atom. The van der Waals surface area contributed by atoms with Gasteiger partial charge in [-0.3, -0.25) is 14.1 Å². The van der Waals surface area contributed by atoms with Crippen molar-refractivity contribution >= 4 is 19.8 Å². The smallest absolute Gasteiger partial charge is 0.462 e. The van der Waals surface area contributed by atoms with Crippen molar-refractivity contribution in [2.75, 3.05) is 13.2 Å². The first-order valence-corrected chi connectivity index (χ1v) is 19.3. The van der Waals surface area contributed by atoms with Gasteiger partial charge in [0, 0.05) is 12.8 Å². The first-order chi connectivity index (χ1) is 21.8. The third-order valence-corrected chi connectivity index (χ3v) is 7.87. The highest BCUT2D eigenvalue weighted by Gasteiger charge is 2.22. The molecule has 0 amide bonds. The summed E-state index contributed by atoms with van der Waals surface area (Å²) in [4.78, 5) is 42.5. The largest absolute Gasteiger partial charge is 0.469 e. The van der Waals surface area contributed by atoms with Crippen molar-refractivity contribution in [2.24, 2.45) is 0 Å². The molecule has 0 aliphatic heterocycles. The molecule has 0 spiro atoms. The van der Waals surface area contributed by atoms with E-state index in [-0.39, 0.29) is 19.4 Å². The number of allylic oxidation sites excluding steroid dienone is 6. The van der Waals surface area contributed by atoms with Gasteiger partial charge in [-0.05, 0) is 70.6 Å². The van der Waals surface area contributed by atoms with E-state index in [4.69, 9.17) is 19.3 Å². The molecule has 0 radical (unpaired) electrons. The minimum absolute atomic E-state index is 0.168. The van der Waals surface area contributed by atoms with Gasteiger partial charge >= 0.3 is 19.8 Å². The Morgan fingerprint density at radius 2 is 1.00 bits per heavy atom. The van der Waals surface area contributed by atoms with Crippen LogP contribution in [0.15, 0.2) is 36.5 Å². The van der Waals surface area contributed by atoms with Crippen molar-refractivity contribution in [3.63, 3.8) is 0 Å². The highest BCUT2D eigenvalue weighted by Crippen LogP contribution is 2.35. The van der Waals surface area contributed by atoms with E-state index in [1.165, 1.54) is 57.8 Å². The minimum Gasteiger partial charge on any atom is -0.462 e. The highest BCUT2D eigenvalue weighted by molar-refractivity contribution is 7.46. The zero-order valence-electron chi connectivity index (χ0n) is 28.5. The number of hydrogen-bond donors (Lipinski definition) is 2. The van der Waals surface area contributed by atoms with Crippen molar-refractivity contribution in [2.45, 2.75) is 168 Å². The summed E-state index contributed by atoms with van der Waals surface area (Å²) >= 11 is 0. The molecule has 8 nitrogen and oxygen atoms in total. The lowest BCUT2D eigenvalue weighted by molar-refractivity contribution is -0.161. The molecule has 262 valence electrons. The summed E-state index contributed by atoms with van der Waals surface area (Å²) in [6.45, 7) is 3.59. The van der Waals surface area contributed by atoms with Gasteiger partial charge in [0.05, 0.1) is 6.61 Å². The molecule has 0 aromatic rings. The van der Waals surface area contributed by atoms with Crippen molar-refractivity contribution in [3.05, 3.63) is 36.5 Å². The van der Waals surface area contributed by atoms with Crippen LogP contribution in [0.25, 0.3) is 0 Å². The Bertz CT molecular complexity index is 833. The van der Waals surface area contributed by atoms with Gasteiger partial charge in [-0.2, -0.15) is 0 Å². The number of phosphoric acid groups is 1. The van der Waals surface area contributed by atoms with Crippen LogP contribution in [0.3, 0.4) is 0 Å². The van der Waals surface area contributed by atoms with Crippen LogP contribution in [0.5, 0.6) is 0 Å². The van der Waals surface area contributed by atoms with Crippen LogP contribution in [0.2, 0.25) is 0 Å². The quantitative estimate of drug-likeness (QED) is 0.0318. The highest BCUT2D eigenvalue weighted by atomic mass is 31.2. The number of esters is 2. The lowest BCUT2D eigenvalue weighted by Crippen LogP contribution is -2.29. The fraction of sp³-hybridized carbons (Fsp3) is 0.778. The summed E-state index contributed by atoms with van der Waals surface area (Å²) in [5, 5.41) is 0. The molecule has 0 aromatic heterocycles. The number of ether oxygens (including phenoxy) is 2. The third-order valence-electron chi connectivity index (χ3n) is 7.38. The molecule has 0 unspecified atom stereocenters. The summed E-state index contributed by atoms with van der Waals surface area (Å²) in [6, 6.07) is 0. The number of carbonyl (C=O) groups is 2. The molecular weight excluding hydrogens is 591 g/mol. The van der Waals surface area contributed by atoms with E-state index < -0.39 is 32.5 Å². The van der Waals surface area contributed by atoms with Crippen molar-refractivity contribution < 1.29 is 37.9 Å². The number of hydrogen-bond acceptors (Lipinski definition) is 6. The van der Waals surface area contributed by atoms with Crippen LogP contribution >= 0.6 is 7.82 Å². The molecule has 0 saturated heterocycles. The maximum absolute atomic E-state index is 12.3. The normalized spacial score (nSPS) is 12.9. The van der Waals surface area contributed by atoms with Crippen LogP contribution in [-0.4, -0.2) is 41.0 Å². The van der Waals surface area contributed by atoms with Crippen LogP contribution in [0.1, 0.15) is 162 Å². The van der Waals surface area contributed by atoms with Crippen LogP contribution < -0.4 is 0 Å². The summed E-state index contributed by atoms with van der Waals surface area (Å²) in [5.41, 5.74) is 0. The van der Waals surface area contributed by atoms with Gasteiger partial charge in [0.2, 0.25) is 0 Å². The predicted octanol–water partition coefficient (Wildman–Crippen LogP) is 10.2. The number of rotatable bonds is 32. The van der Waals surface area contributed by atoms with E-state index in [1.54, 1.807) is 0 Å². The minimum atomic E-state index is -4.76. The maximum atomic E-state index is 12.3. The van der Waals surface area contributed by atoms with Crippen LogP contribution in [0.4, 0.5) is 0 Å². The van der Waals surface area contributed by atoms with E-state index in [2.05, 4.69) is 54.8 Å². The molecule has 45 heavy (non-hydrogen) atoms. The molecule has 0 heterocycles. The first-order valence-electron chi connectivity index (χ1n) is 17.8. The van der Waals surface area contributed by atoms with Crippen LogP contribution in [-0.2, 0) is 28.2 Å². The van der Waals surface area contributed by atoms with Crippen molar-refractivity contribution in [1.29, 1.82) is 0 Å². The summed E-state index contributed by atoms with van der Waals surface area (Å²) in [5.74, 6) is -0.936. The van der Waals surface area contributed by atoms with Crippen LogP contribution in [0, 0.1) is 0 Å². The molecule has 0 saturated carbocycles. The van der Waals surface area contributed by atoms with Gasteiger partial charge in [-0.25, -0.2) is 4.57 Å². The molecule has 0 aliphatic rings. The second-order valence-electron chi connectivity index (χ2n) is 11.8. The lowest BCUT2D eigenvalue weighted by atomic mass is 10.1. The molecule has 2 N–H and O–H groups in total. The average Bonchev–Trinajstić information content (AvgIpc) is 3.00. The molecule has 0 aromatic carbocycles. The Balaban J connectivity index is 4.07. The van der Waals surface area contributed by atoms with Crippen molar-refractivity contribution in [3.8, 4) is 0 Å².